The van der Waals surface area contributed by atoms with Gasteiger partial charge in [0.25, 0.3) is 0 Å². The van der Waals surface area contributed by atoms with Gasteiger partial charge < -0.3 is 19.9 Å². The van der Waals surface area contributed by atoms with Gasteiger partial charge in [-0.15, -0.1) is 0 Å². The van der Waals surface area contributed by atoms with Crippen molar-refractivity contribution in [2.75, 3.05) is 0 Å². The second-order valence-corrected chi connectivity index (χ2v) is 8.85. The van der Waals surface area contributed by atoms with Gasteiger partial charge in [0.1, 0.15) is 6.10 Å². The number of carbonyl (C=O) groups is 1. The van der Waals surface area contributed by atoms with Crippen LogP contribution in [0.25, 0.3) is 0 Å². The maximum atomic E-state index is 12.0. The molecule has 0 aromatic carbocycles. The number of hydrogen-bond acceptors (Lipinski definition) is 4. The molecule has 136 valence electrons. The predicted octanol–water partition coefficient (Wildman–Crippen LogP) is 3.63. The molecule has 0 radical (unpaired) electrons. The molecular weight excluding hydrogens is 294 g/mol. The summed E-state index contributed by atoms with van der Waals surface area (Å²) in [5.41, 5.74) is -0.552. The summed E-state index contributed by atoms with van der Waals surface area (Å²) in [5.74, 6) is 0.272. The number of aliphatic hydroxyl groups excluding tert-OH is 1. The topological polar surface area (TPSA) is 67.8 Å². The Morgan fingerprint density at radius 2 is 1.70 bits per heavy atom. The minimum absolute atomic E-state index is 0.0710. The summed E-state index contributed by atoms with van der Waals surface area (Å²) in [6, 6.07) is 0. The van der Waals surface area contributed by atoms with Crippen LogP contribution in [0.1, 0.15) is 74.1 Å². The lowest BCUT2D eigenvalue weighted by Gasteiger charge is -2.36. The zero-order chi connectivity index (χ0) is 17.8. The fourth-order valence-electron chi connectivity index (χ4n) is 2.94. The van der Waals surface area contributed by atoms with E-state index in [-0.39, 0.29) is 29.3 Å². The number of nitrogens with one attached hydrogen (secondary N) is 1. The van der Waals surface area contributed by atoms with E-state index >= 15 is 0 Å². The van der Waals surface area contributed by atoms with Gasteiger partial charge in [-0.05, 0) is 66.7 Å². The lowest BCUT2D eigenvalue weighted by Crippen LogP contribution is -2.44. The maximum absolute atomic E-state index is 12.0. The quantitative estimate of drug-likeness (QED) is 0.812. The number of rotatable bonds is 2. The van der Waals surface area contributed by atoms with Gasteiger partial charge in [-0.25, -0.2) is 4.79 Å². The third kappa shape index (κ3) is 8.56. The summed E-state index contributed by atoms with van der Waals surface area (Å²) >= 11 is 0. The first kappa shape index (κ1) is 20.2. The first-order valence-corrected chi connectivity index (χ1v) is 8.70. The van der Waals surface area contributed by atoms with Crippen LogP contribution in [0.15, 0.2) is 0 Å². The van der Waals surface area contributed by atoms with E-state index in [1.54, 1.807) is 0 Å². The van der Waals surface area contributed by atoms with E-state index in [2.05, 4.69) is 12.2 Å². The Kier molecular flexibility index (Phi) is 6.90. The Balaban J connectivity index is 2.68. The fourth-order valence-corrected chi connectivity index (χ4v) is 2.94. The summed E-state index contributed by atoms with van der Waals surface area (Å²) in [7, 11) is 0. The van der Waals surface area contributed by atoms with Gasteiger partial charge in [-0.2, -0.15) is 0 Å². The minimum atomic E-state index is -0.457. The van der Waals surface area contributed by atoms with Crippen LogP contribution in [0, 0.1) is 5.92 Å². The van der Waals surface area contributed by atoms with E-state index in [4.69, 9.17) is 9.47 Å². The molecule has 1 amide bonds. The average molecular weight is 329 g/mol. The number of ether oxygens (including phenoxy) is 2. The van der Waals surface area contributed by atoms with Crippen LogP contribution < -0.4 is 5.32 Å². The Labute approximate surface area is 141 Å². The molecule has 0 bridgehead atoms. The van der Waals surface area contributed by atoms with E-state index in [1.807, 2.05) is 41.5 Å². The average Bonchev–Trinajstić information content (AvgIpc) is 2.28. The molecule has 4 atom stereocenters. The summed E-state index contributed by atoms with van der Waals surface area (Å²) in [6.07, 6.45) is 1.61. The van der Waals surface area contributed by atoms with Crippen LogP contribution in [-0.4, -0.2) is 40.7 Å². The zero-order valence-corrected chi connectivity index (χ0v) is 15.8. The third-order valence-electron chi connectivity index (χ3n) is 3.84. The Hall–Kier alpha value is -0.810. The van der Waals surface area contributed by atoms with Crippen molar-refractivity contribution in [1.29, 1.82) is 0 Å². The molecule has 0 heterocycles. The molecule has 1 fully saturated rings. The third-order valence-corrected chi connectivity index (χ3v) is 3.84. The van der Waals surface area contributed by atoms with Gasteiger partial charge in [0.2, 0.25) is 0 Å². The Bertz CT molecular complexity index is 383. The normalized spacial score (nSPS) is 30.3. The molecule has 23 heavy (non-hydrogen) atoms. The summed E-state index contributed by atoms with van der Waals surface area (Å²) in [4.78, 5) is 12.0. The molecule has 4 unspecified atom stereocenters. The fraction of sp³-hybridized carbons (Fsp3) is 0.944. The number of carbonyl (C=O) groups excluding carboxylic acids is 1. The van der Waals surface area contributed by atoms with Crippen LogP contribution in [0.5, 0.6) is 0 Å². The minimum Gasteiger partial charge on any atom is -0.446 e. The summed E-state index contributed by atoms with van der Waals surface area (Å²) < 4.78 is 11.7. The van der Waals surface area contributed by atoms with Crippen molar-refractivity contribution in [2.45, 2.75) is 104 Å². The molecule has 0 aromatic rings. The molecule has 0 spiro atoms. The predicted molar refractivity (Wildman–Crippen MR) is 91.4 cm³/mol. The number of alkyl carbamates (subject to hydrolysis) is 1. The maximum Gasteiger partial charge on any atom is 0.407 e. The van der Waals surface area contributed by atoms with Crippen LogP contribution >= 0.6 is 0 Å². The van der Waals surface area contributed by atoms with Crippen LogP contribution in [0.4, 0.5) is 4.79 Å². The van der Waals surface area contributed by atoms with E-state index in [1.165, 1.54) is 0 Å². The second kappa shape index (κ2) is 7.84. The molecule has 1 rings (SSSR count). The van der Waals surface area contributed by atoms with Gasteiger partial charge in [0.15, 0.2) is 0 Å². The molecule has 0 saturated heterocycles. The van der Waals surface area contributed by atoms with Crippen LogP contribution in [-0.2, 0) is 9.47 Å². The molecular formula is C18H35NO4. The van der Waals surface area contributed by atoms with Crippen molar-refractivity contribution >= 4 is 6.09 Å². The highest BCUT2D eigenvalue weighted by atomic mass is 16.6. The van der Waals surface area contributed by atoms with E-state index in [9.17, 15) is 9.90 Å². The van der Waals surface area contributed by atoms with E-state index in [0.29, 0.717) is 19.3 Å². The number of aliphatic hydroxyl groups is 1. The van der Waals surface area contributed by atoms with Crippen LogP contribution in [0.2, 0.25) is 0 Å². The first-order valence-electron chi connectivity index (χ1n) is 8.70. The Morgan fingerprint density at radius 3 is 2.22 bits per heavy atom. The summed E-state index contributed by atoms with van der Waals surface area (Å²) in [6.45, 7) is 14.0. The molecule has 1 aliphatic carbocycles. The largest absolute Gasteiger partial charge is 0.446 e. The second-order valence-electron chi connectivity index (χ2n) is 8.85. The Morgan fingerprint density at radius 1 is 1.09 bits per heavy atom. The smallest absolute Gasteiger partial charge is 0.407 e. The lowest BCUT2D eigenvalue weighted by atomic mass is 9.86. The van der Waals surface area contributed by atoms with Gasteiger partial charge in [-0.3, -0.25) is 0 Å². The van der Waals surface area contributed by atoms with Crippen molar-refractivity contribution in [1.82, 2.24) is 5.32 Å². The zero-order valence-electron chi connectivity index (χ0n) is 15.8. The standard InChI is InChI=1S/C18H35NO4/c1-12-10-14(22-16(21)19-17(2,3)4)11-13(20)8-9-15(12)23-18(5,6)7/h12-15,20H,8-11H2,1-7H3,(H,19,21). The number of amides is 1. The van der Waals surface area contributed by atoms with Gasteiger partial charge in [-0.1, -0.05) is 6.92 Å². The highest BCUT2D eigenvalue weighted by Gasteiger charge is 2.32. The van der Waals surface area contributed by atoms with Gasteiger partial charge >= 0.3 is 6.09 Å². The molecule has 5 heteroatoms. The van der Waals surface area contributed by atoms with E-state index < -0.39 is 12.2 Å². The molecule has 5 nitrogen and oxygen atoms in total. The number of hydrogen-bond donors (Lipinski definition) is 2. The molecule has 0 aromatic heterocycles. The molecule has 2 N–H and O–H groups in total. The first-order chi connectivity index (χ1) is 10.4. The highest BCUT2D eigenvalue weighted by molar-refractivity contribution is 5.68. The van der Waals surface area contributed by atoms with Gasteiger partial charge in [0.05, 0.1) is 17.8 Å². The van der Waals surface area contributed by atoms with Gasteiger partial charge in [0, 0.05) is 12.0 Å². The van der Waals surface area contributed by atoms with Crippen molar-refractivity contribution in [3.05, 3.63) is 0 Å². The molecule has 0 aliphatic heterocycles. The SMILES string of the molecule is CC1CC(OC(=O)NC(C)(C)C)CC(O)CCC1OC(C)(C)C. The van der Waals surface area contributed by atoms with E-state index in [0.717, 1.165) is 6.42 Å². The van der Waals surface area contributed by atoms with Crippen molar-refractivity contribution in [2.24, 2.45) is 5.92 Å². The molecule has 1 aliphatic rings. The van der Waals surface area contributed by atoms with Crippen LogP contribution in [0.3, 0.4) is 0 Å². The highest BCUT2D eigenvalue weighted by Crippen LogP contribution is 2.29. The monoisotopic (exact) mass is 329 g/mol. The lowest BCUT2D eigenvalue weighted by molar-refractivity contribution is -0.104. The molecule has 1 saturated carbocycles. The van der Waals surface area contributed by atoms with Crippen molar-refractivity contribution < 1.29 is 19.4 Å². The summed E-state index contributed by atoms with van der Waals surface area (Å²) in [5, 5.41) is 13.0. The van der Waals surface area contributed by atoms with Crippen molar-refractivity contribution in [3.8, 4) is 0 Å². The van der Waals surface area contributed by atoms with Crippen molar-refractivity contribution in [3.63, 3.8) is 0 Å².